The predicted molar refractivity (Wildman–Crippen MR) is 96.8 cm³/mol. The van der Waals surface area contributed by atoms with Gasteiger partial charge in [-0.3, -0.25) is 4.79 Å². The SMILES string of the molecule is CCCCNCC(=O)N(CCc1ccccc1)Cc1ccc(C)o1. The summed E-state index contributed by atoms with van der Waals surface area (Å²) in [6.45, 7) is 6.55. The van der Waals surface area contributed by atoms with Crippen LogP contribution in [-0.4, -0.2) is 30.4 Å². The zero-order valence-electron chi connectivity index (χ0n) is 14.8. The number of nitrogens with one attached hydrogen (secondary N) is 1. The smallest absolute Gasteiger partial charge is 0.236 e. The fourth-order valence-electron chi connectivity index (χ4n) is 2.57. The van der Waals surface area contributed by atoms with Crippen LogP contribution in [0.5, 0.6) is 0 Å². The summed E-state index contributed by atoms with van der Waals surface area (Å²) in [6, 6.07) is 14.2. The average Bonchev–Trinajstić information content (AvgIpc) is 3.01. The second-order valence-corrected chi connectivity index (χ2v) is 6.09. The van der Waals surface area contributed by atoms with Crippen molar-refractivity contribution in [1.29, 1.82) is 0 Å². The monoisotopic (exact) mass is 328 g/mol. The van der Waals surface area contributed by atoms with Crippen LogP contribution in [0.2, 0.25) is 0 Å². The molecule has 0 atom stereocenters. The Balaban J connectivity index is 1.93. The normalized spacial score (nSPS) is 10.8. The van der Waals surface area contributed by atoms with Gasteiger partial charge in [0.15, 0.2) is 0 Å². The minimum Gasteiger partial charge on any atom is -0.464 e. The number of carbonyl (C=O) groups is 1. The highest BCUT2D eigenvalue weighted by Crippen LogP contribution is 2.11. The van der Waals surface area contributed by atoms with E-state index in [0.29, 0.717) is 19.6 Å². The third-order valence-corrected chi connectivity index (χ3v) is 3.99. The lowest BCUT2D eigenvalue weighted by Crippen LogP contribution is -2.39. The summed E-state index contributed by atoms with van der Waals surface area (Å²) >= 11 is 0. The molecule has 1 heterocycles. The molecule has 0 radical (unpaired) electrons. The van der Waals surface area contributed by atoms with Crippen molar-refractivity contribution in [3.8, 4) is 0 Å². The lowest BCUT2D eigenvalue weighted by molar-refractivity contribution is -0.131. The molecule has 1 N–H and O–H groups in total. The highest BCUT2D eigenvalue weighted by molar-refractivity contribution is 5.78. The summed E-state index contributed by atoms with van der Waals surface area (Å²) in [4.78, 5) is 14.4. The van der Waals surface area contributed by atoms with Crippen LogP contribution in [0.3, 0.4) is 0 Å². The molecule has 0 saturated heterocycles. The van der Waals surface area contributed by atoms with E-state index in [0.717, 1.165) is 37.3 Å². The number of carbonyl (C=O) groups excluding carboxylic acids is 1. The van der Waals surface area contributed by atoms with E-state index in [1.54, 1.807) is 0 Å². The minimum absolute atomic E-state index is 0.121. The number of furan rings is 1. The molecule has 0 fully saturated rings. The summed E-state index contributed by atoms with van der Waals surface area (Å²) in [5.74, 6) is 1.83. The number of unbranched alkanes of at least 4 members (excludes halogenated alkanes) is 1. The van der Waals surface area contributed by atoms with Crippen LogP contribution in [0.4, 0.5) is 0 Å². The van der Waals surface area contributed by atoms with Crippen LogP contribution in [-0.2, 0) is 17.8 Å². The molecule has 0 aliphatic carbocycles. The van der Waals surface area contributed by atoms with E-state index in [1.165, 1.54) is 5.56 Å². The maximum absolute atomic E-state index is 12.6. The van der Waals surface area contributed by atoms with Gasteiger partial charge in [0, 0.05) is 6.54 Å². The first kappa shape index (κ1) is 18.3. The highest BCUT2D eigenvalue weighted by Gasteiger charge is 2.15. The van der Waals surface area contributed by atoms with Crippen molar-refractivity contribution in [2.24, 2.45) is 0 Å². The van der Waals surface area contributed by atoms with Crippen molar-refractivity contribution in [3.63, 3.8) is 0 Å². The van der Waals surface area contributed by atoms with Crippen molar-refractivity contribution < 1.29 is 9.21 Å². The van der Waals surface area contributed by atoms with E-state index in [9.17, 15) is 4.79 Å². The van der Waals surface area contributed by atoms with Gasteiger partial charge in [-0.05, 0) is 44.0 Å². The van der Waals surface area contributed by atoms with Crippen LogP contribution < -0.4 is 5.32 Å². The highest BCUT2D eigenvalue weighted by atomic mass is 16.3. The average molecular weight is 328 g/mol. The number of aryl methyl sites for hydroxylation is 1. The molecule has 0 unspecified atom stereocenters. The lowest BCUT2D eigenvalue weighted by Gasteiger charge is -2.22. The Labute approximate surface area is 144 Å². The Morgan fingerprint density at radius 1 is 1.17 bits per heavy atom. The summed E-state index contributed by atoms with van der Waals surface area (Å²) in [7, 11) is 0. The van der Waals surface area contributed by atoms with Gasteiger partial charge in [-0.25, -0.2) is 0 Å². The van der Waals surface area contributed by atoms with E-state index >= 15 is 0 Å². The number of hydrogen-bond acceptors (Lipinski definition) is 3. The first-order chi connectivity index (χ1) is 11.7. The molecule has 2 rings (SSSR count). The van der Waals surface area contributed by atoms with Crippen molar-refractivity contribution in [2.45, 2.75) is 39.7 Å². The predicted octanol–water partition coefficient (Wildman–Crippen LogP) is 3.55. The Kier molecular flexibility index (Phi) is 7.56. The van der Waals surface area contributed by atoms with Gasteiger partial charge in [-0.1, -0.05) is 43.7 Å². The first-order valence-corrected chi connectivity index (χ1v) is 8.76. The van der Waals surface area contributed by atoms with Crippen molar-refractivity contribution >= 4 is 5.91 Å². The van der Waals surface area contributed by atoms with Crippen molar-refractivity contribution in [2.75, 3.05) is 19.6 Å². The molecule has 2 aromatic rings. The van der Waals surface area contributed by atoms with Crippen LogP contribution in [0.15, 0.2) is 46.9 Å². The van der Waals surface area contributed by atoms with Gasteiger partial charge in [-0.15, -0.1) is 0 Å². The van der Waals surface area contributed by atoms with Gasteiger partial charge < -0.3 is 14.6 Å². The molecular formula is C20H28N2O2. The third kappa shape index (κ3) is 6.20. The first-order valence-electron chi connectivity index (χ1n) is 8.76. The molecule has 1 aromatic carbocycles. The summed E-state index contributed by atoms with van der Waals surface area (Å²) in [5, 5.41) is 3.23. The molecule has 4 heteroatoms. The Morgan fingerprint density at radius 2 is 1.96 bits per heavy atom. The Morgan fingerprint density at radius 3 is 2.62 bits per heavy atom. The molecular weight excluding hydrogens is 300 g/mol. The Bertz CT molecular complexity index is 607. The lowest BCUT2D eigenvalue weighted by atomic mass is 10.1. The van der Waals surface area contributed by atoms with Gasteiger partial charge in [-0.2, -0.15) is 0 Å². The summed E-state index contributed by atoms with van der Waals surface area (Å²) in [5.41, 5.74) is 1.24. The molecule has 0 bridgehead atoms. The second-order valence-electron chi connectivity index (χ2n) is 6.09. The van der Waals surface area contributed by atoms with Gasteiger partial charge in [0.05, 0.1) is 13.1 Å². The molecule has 0 aliphatic rings. The van der Waals surface area contributed by atoms with Crippen LogP contribution in [0.1, 0.15) is 36.8 Å². The van der Waals surface area contributed by atoms with Gasteiger partial charge >= 0.3 is 0 Å². The van der Waals surface area contributed by atoms with Gasteiger partial charge in [0.25, 0.3) is 0 Å². The second kappa shape index (κ2) is 9.93. The maximum Gasteiger partial charge on any atom is 0.236 e. The third-order valence-electron chi connectivity index (χ3n) is 3.99. The summed E-state index contributed by atoms with van der Waals surface area (Å²) in [6.07, 6.45) is 3.07. The fraction of sp³-hybridized carbons (Fsp3) is 0.450. The molecule has 130 valence electrons. The van der Waals surface area contributed by atoms with E-state index in [2.05, 4.69) is 24.4 Å². The van der Waals surface area contributed by atoms with Gasteiger partial charge in [0.2, 0.25) is 5.91 Å². The van der Waals surface area contributed by atoms with Crippen LogP contribution in [0, 0.1) is 6.92 Å². The largest absolute Gasteiger partial charge is 0.464 e. The molecule has 0 spiro atoms. The molecule has 1 amide bonds. The Hall–Kier alpha value is -2.07. The maximum atomic E-state index is 12.6. The minimum atomic E-state index is 0.121. The number of amides is 1. The number of nitrogens with zero attached hydrogens (tertiary/aromatic N) is 1. The molecule has 0 aliphatic heterocycles. The van der Waals surface area contributed by atoms with E-state index in [4.69, 9.17) is 4.42 Å². The fourth-order valence-corrected chi connectivity index (χ4v) is 2.57. The van der Waals surface area contributed by atoms with Crippen LogP contribution >= 0.6 is 0 Å². The van der Waals surface area contributed by atoms with Gasteiger partial charge in [0.1, 0.15) is 11.5 Å². The number of hydrogen-bond donors (Lipinski definition) is 1. The van der Waals surface area contributed by atoms with Crippen molar-refractivity contribution in [1.82, 2.24) is 10.2 Å². The zero-order valence-corrected chi connectivity index (χ0v) is 14.8. The standard InChI is InChI=1S/C20H28N2O2/c1-3-4-13-21-15-20(23)22(16-19-11-10-17(2)24-19)14-12-18-8-6-5-7-9-18/h5-11,21H,3-4,12-16H2,1-2H3. The van der Waals surface area contributed by atoms with E-state index in [-0.39, 0.29) is 5.91 Å². The topological polar surface area (TPSA) is 45.5 Å². The number of benzene rings is 1. The molecule has 1 aromatic heterocycles. The molecule has 24 heavy (non-hydrogen) atoms. The van der Waals surface area contributed by atoms with E-state index in [1.807, 2.05) is 42.2 Å². The van der Waals surface area contributed by atoms with Crippen molar-refractivity contribution in [3.05, 3.63) is 59.5 Å². The quantitative estimate of drug-likeness (QED) is 0.679. The van der Waals surface area contributed by atoms with E-state index < -0.39 is 0 Å². The zero-order chi connectivity index (χ0) is 17.2. The van der Waals surface area contributed by atoms with Crippen LogP contribution in [0.25, 0.3) is 0 Å². The molecule has 0 saturated carbocycles. The summed E-state index contributed by atoms with van der Waals surface area (Å²) < 4.78 is 5.64. The number of rotatable bonds is 10. The molecule has 4 nitrogen and oxygen atoms in total.